The second-order valence-electron chi connectivity index (χ2n) is 8.55. The summed E-state index contributed by atoms with van der Waals surface area (Å²) in [6, 6.07) is 14.6. The van der Waals surface area contributed by atoms with Gasteiger partial charge in [-0.05, 0) is 72.3 Å². The van der Waals surface area contributed by atoms with Gasteiger partial charge in [-0.25, -0.2) is 0 Å². The molecule has 6 nitrogen and oxygen atoms in total. The van der Waals surface area contributed by atoms with Crippen LogP contribution in [0.3, 0.4) is 0 Å². The van der Waals surface area contributed by atoms with Crippen molar-refractivity contribution < 1.29 is 19.1 Å². The van der Waals surface area contributed by atoms with Gasteiger partial charge in [-0.3, -0.25) is 9.59 Å². The van der Waals surface area contributed by atoms with Gasteiger partial charge in [-0.2, -0.15) is 0 Å². The average Bonchev–Trinajstić information content (AvgIpc) is 3.49. The standard InChI is InChI=1S/C27H29ClN2O4S/c1-3-4-12-29(27(32)21-6-8-22(28)9-7-21)17-26(31)30(16-25-19(2)11-13-35-25)15-20-5-10-23-24(14-20)34-18-33-23/h5-11,13-14H,3-4,12,15-18H2,1-2H3. The Balaban J connectivity index is 1.55. The fourth-order valence-corrected chi connectivity index (χ4v) is 4.92. The Labute approximate surface area is 215 Å². The van der Waals surface area contributed by atoms with Gasteiger partial charge >= 0.3 is 0 Å². The number of carbonyl (C=O) groups is 2. The van der Waals surface area contributed by atoms with Gasteiger partial charge in [0.2, 0.25) is 12.7 Å². The highest BCUT2D eigenvalue weighted by atomic mass is 35.5. The Morgan fingerprint density at radius 1 is 1.00 bits per heavy atom. The number of amides is 2. The van der Waals surface area contributed by atoms with E-state index in [-0.39, 0.29) is 25.2 Å². The molecule has 2 heterocycles. The lowest BCUT2D eigenvalue weighted by atomic mass is 10.1. The van der Waals surface area contributed by atoms with Crippen LogP contribution >= 0.6 is 22.9 Å². The molecule has 0 fully saturated rings. The fraction of sp³-hybridized carbons (Fsp3) is 0.333. The summed E-state index contributed by atoms with van der Waals surface area (Å²) in [6.45, 7) is 5.73. The van der Waals surface area contributed by atoms with E-state index in [2.05, 4.69) is 13.0 Å². The van der Waals surface area contributed by atoms with Crippen molar-refractivity contribution >= 4 is 34.8 Å². The number of aryl methyl sites for hydroxylation is 1. The monoisotopic (exact) mass is 512 g/mol. The van der Waals surface area contributed by atoms with Gasteiger partial charge in [-0.15, -0.1) is 11.3 Å². The SMILES string of the molecule is CCCCN(CC(=O)N(Cc1ccc2c(c1)OCO2)Cc1sccc1C)C(=O)c1ccc(Cl)cc1. The number of nitrogens with zero attached hydrogens (tertiary/aromatic N) is 2. The minimum atomic E-state index is -0.168. The van der Waals surface area contributed by atoms with Crippen molar-refractivity contribution in [2.24, 2.45) is 0 Å². The third-order valence-electron chi connectivity index (χ3n) is 5.95. The molecule has 0 radical (unpaired) electrons. The number of hydrogen-bond acceptors (Lipinski definition) is 5. The van der Waals surface area contributed by atoms with Crippen molar-refractivity contribution in [3.05, 3.63) is 80.5 Å². The number of fused-ring (bicyclic) bond motifs is 1. The lowest BCUT2D eigenvalue weighted by molar-refractivity contribution is -0.133. The summed E-state index contributed by atoms with van der Waals surface area (Å²) < 4.78 is 10.9. The second-order valence-corrected chi connectivity index (χ2v) is 9.99. The summed E-state index contributed by atoms with van der Waals surface area (Å²) in [6.07, 6.45) is 1.74. The predicted octanol–water partition coefficient (Wildman–Crippen LogP) is 5.91. The Morgan fingerprint density at radius 2 is 1.77 bits per heavy atom. The zero-order chi connectivity index (χ0) is 24.8. The first kappa shape index (κ1) is 25.1. The highest BCUT2D eigenvalue weighted by Crippen LogP contribution is 2.33. The molecule has 8 heteroatoms. The van der Waals surface area contributed by atoms with Crippen LogP contribution in [0.1, 0.15) is 46.1 Å². The molecular formula is C27H29ClN2O4S. The van der Waals surface area contributed by atoms with Crippen LogP contribution in [0.5, 0.6) is 11.5 Å². The molecule has 4 rings (SSSR count). The van der Waals surface area contributed by atoms with E-state index in [1.165, 1.54) is 0 Å². The third kappa shape index (κ3) is 6.35. The molecule has 184 valence electrons. The summed E-state index contributed by atoms with van der Waals surface area (Å²) in [5.41, 5.74) is 2.62. The molecule has 0 bridgehead atoms. The smallest absolute Gasteiger partial charge is 0.254 e. The number of unbranched alkanes of at least 4 members (excludes halogenated alkanes) is 1. The highest BCUT2D eigenvalue weighted by Gasteiger charge is 2.24. The van der Waals surface area contributed by atoms with Crippen molar-refractivity contribution in [1.29, 1.82) is 0 Å². The highest BCUT2D eigenvalue weighted by molar-refractivity contribution is 7.10. The number of halogens is 1. The molecule has 2 aromatic carbocycles. The number of ether oxygens (including phenoxy) is 2. The minimum Gasteiger partial charge on any atom is -0.454 e. The first-order valence-corrected chi connectivity index (χ1v) is 12.9. The molecule has 2 amide bonds. The molecular weight excluding hydrogens is 484 g/mol. The largest absolute Gasteiger partial charge is 0.454 e. The molecule has 1 aliphatic rings. The summed E-state index contributed by atoms with van der Waals surface area (Å²) in [4.78, 5) is 31.5. The number of thiophene rings is 1. The summed E-state index contributed by atoms with van der Waals surface area (Å²) in [7, 11) is 0. The summed E-state index contributed by atoms with van der Waals surface area (Å²) >= 11 is 7.63. The zero-order valence-electron chi connectivity index (χ0n) is 20.0. The molecule has 35 heavy (non-hydrogen) atoms. The van der Waals surface area contributed by atoms with Crippen LogP contribution in [0, 0.1) is 6.92 Å². The maximum Gasteiger partial charge on any atom is 0.254 e. The van der Waals surface area contributed by atoms with Crippen LogP contribution < -0.4 is 9.47 Å². The molecule has 3 aromatic rings. The van der Waals surface area contributed by atoms with Crippen molar-refractivity contribution in [1.82, 2.24) is 9.80 Å². The average molecular weight is 513 g/mol. The van der Waals surface area contributed by atoms with Crippen molar-refractivity contribution in [2.75, 3.05) is 19.9 Å². The van der Waals surface area contributed by atoms with Crippen molar-refractivity contribution in [3.8, 4) is 11.5 Å². The van der Waals surface area contributed by atoms with E-state index < -0.39 is 0 Å². The van der Waals surface area contributed by atoms with Crippen molar-refractivity contribution in [2.45, 2.75) is 39.8 Å². The van der Waals surface area contributed by atoms with Gasteiger partial charge in [-0.1, -0.05) is 31.0 Å². The maximum atomic E-state index is 13.6. The van der Waals surface area contributed by atoms with Crippen LogP contribution in [-0.4, -0.2) is 41.5 Å². The number of carbonyl (C=O) groups excluding carboxylic acids is 2. The second kappa shape index (κ2) is 11.6. The van der Waals surface area contributed by atoms with Gasteiger partial charge in [0.05, 0.1) is 6.54 Å². The van der Waals surface area contributed by atoms with E-state index in [1.807, 2.05) is 35.4 Å². The third-order valence-corrected chi connectivity index (χ3v) is 7.21. The quantitative estimate of drug-likeness (QED) is 0.339. The van der Waals surface area contributed by atoms with Crippen LogP contribution in [0.15, 0.2) is 53.9 Å². The van der Waals surface area contributed by atoms with Crippen LogP contribution in [0.4, 0.5) is 0 Å². The van der Waals surface area contributed by atoms with E-state index in [4.69, 9.17) is 21.1 Å². The predicted molar refractivity (Wildman–Crippen MR) is 138 cm³/mol. The van der Waals surface area contributed by atoms with E-state index in [0.29, 0.717) is 41.7 Å². The normalized spacial score (nSPS) is 12.0. The number of hydrogen-bond donors (Lipinski definition) is 0. The molecule has 0 atom stereocenters. The van der Waals surface area contributed by atoms with E-state index in [0.717, 1.165) is 28.8 Å². The van der Waals surface area contributed by atoms with Crippen molar-refractivity contribution in [3.63, 3.8) is 0 Å². The molecule has 0 N–H and O–H groups in total. The van der Waals surface area contributed by atoms with Gasteiger partial charge in [0.15, 0.2) is 11.5 Å². The first-order valence-electron chi connectivity index (χ1n) is 11.7. The minimum absolute atomic E-state index is 0.0104. The van der Waals surface area contributed by atoms with E-state index in [9.17, 15) is 9.59 Å². The molecule has 0 saturated carbocycles. The number of rotatable bonds is 10. The van der Waals surface area contributed by atoms with Gasteiger partial charge in [0.1, 0.15) is 6.54 Å². The van der Waals surface area contributed by atoms with E-state index >= 15 is 0 Å². The Hall–Kier alpha value is -3.03. The lowest BCUT2D eigenvalue weighted by Crippen LogP contribution is -2.43. The molecule has 0 aliphatic carbocycles. The summed E-state index contributed by atoms with van der Waals surface area (Å²) in [5.74, 6) is 1.12. The fourth-order valence-electron chi connectivity index (χ4n) is 3.87. The van der Waals surface area contributed by atoms with E-state index in [1.54, 1.807) is 40.5 Å². The molecule has 0 spiro atoms. The Morgan fingerprint density at radius 3 is 2.49 bits per heavy atom. The van der Waals surface area contributed by atoms with Gasteiger partial charge in [0.25, 0.3) is 5.91 Å². The topological polar surface area (TPSA) is 59.1 Å². The number of benzene rings is 2. The lowest BCUT2D eigenvalue weighted by Gasteiger charge is -2.28. The van der Waals surface area contributed by atoms with Crippen LogP contribution in [-0.2, 0) is 17.9 Å². The van der Waals surface area contributed by atoms with Crippen LogP contribution in [0.25, 0.3) is 0 Å². The Bertz CT molecular complexity index is 1180. The zero-order valence-corrected chi connectivity index (χ0v) is 21.5. The molecule has 1 aliphatic heterocycles. The Kier molecular flexibility index (Phi) is 8.31. The molecule has 0 unspecified atom stereocenters. The van der Waals surface area contributed by atoms with Crippen LogP contribution in [0.2, 0.25) is 5.02 Å². The maximum absolute atomic E-state index is 13.6. The first-order chi connectivity index (χ1) is 16.9. The molecule has 1 aromatic heterocycles. The van der Waals surface area contributed by atoms with Gasteiger partial charge < -0.3 is 19.3 Å². The molecule has 0 saturated heterocycles. The summed E-state index contributed by atoms with van der Waals surface area (Å²) in [5, 5.41) is 2.60. The van der Waals surface area contributed by atoms with Gasteiger partial charge in [0, 0.05) is 28.6 Å².